The molecule has 8 heteroatoms. The summed E-state index contributed by atoms with van der Waals surface area (Å²) >= 11 is 11.0. The van der Waals surface area contributed by atoms with E-state index in [9.17, 15) is 20.2 Å². The Kier molecular flexibility index (Phi) is 5.89. The number of nitro benzene ring substituents is 2. The number of para-hydroxylation sites is 1. The summed E-state index contributed by atoms with van der Waals surface area (Å²) in [6.45, 7) is 0. The molecule has 6 nitrogen and oxygen atoms in total. The third kappa shape index (κ3) is 4.83. The lowest BCUT2D eigenvalue weighted by Gasteiger charge is -1.90. The lowest BCUT2D eigenvalue weighted by atomic mass is 10.3. The molecule has 0 N–H and O–H groups in total. The van der Waals surface area contributed by atoms with E-state index in [2.05, 4.69) is 0 Å². The van der Waals surface area contributed by atoms with Gasteiger partial charge < -0.3 is 0 Å². The molecule has 20 heavy (non-hydrogen) atoms. The molecule has 0 fully saturated rings. The number of rotatable bonds is 2. The van der Waals surface area contributed by atoms with E-state index in [0.29, 0.717) is 5.02 Å². The minimum atomic E-state index is -0.512. The highest BCUT2D eigenvalue weighted by Crippen LogP contribution is 2.22. The van der Waals surface area contributed by atoms with Crippen molar-refractivity contribution in [3.63, 3.8) is 0 Å². The van der Waals surface area contributed by atoms with Crippen LogP contribution in [0, 0.1) is 20.2 Å². The molecule has 0 aliphatic carbocycles. The van der Waals surface area contributed by atoms with Gasteiger partial charge in [-0.2, -0.15) is 0 Å². The van der Waals surface area contributed by atoms with Crippen molar-refractivity contribution in [1.82, 2.24) is 0 Å². The van der Waals surface area contributed by atoms with E-state index < -0.39 is 9.85 Å². The summed E-state index contributed by atoms with van der Waals surface area (Å²) in [5.41, 5.74) is 0.00793. The van der Waals surface area contributed by atoms with Crippen molar-refractivity contribution < 1.29 is 9.85 Å². The maximum Gasteiger partial charge on any atom is 0.287 e. The maximum atomic E-state index is 10.1. The van der Waals surface area contributed by atoms with Gasteiger partial charge in [0.1, 0.15) is 5.02 Å². The van der Waals surface area contributed by atoms with Crippen molar-refractivity contribution in [3.8, 4) is 0 Å². The second-order valence-electron chi connectivity index (χ2n) is 3.44. The van der Waals surface area contributed by atoms with Gasteiger partial charge in [0, 0.05) is 23.2 Å². The molecule has 2 aromatic carbocycles. The Hall–Kier alpha value is -2.18. The molecular formula is C12H8Cl2N2O4. The lowest BCUT2D eigenvalue weighted by molar-refractivity contribution is -0.385. The molecule has 0 radical (unpaired) electrons. The van der Waals surface area contributed by atoms with Crippen LogP contribution >= 0.6 is 23.2 Å². The van der Waals surface area contributed by atoms with Crippen molar-refractivity contribution >= 4 is 34.6 Å². The van der Waals surface area contributed by atoms with Gasteiger partial charge >= 0.3 is 0 Å². The van der Waals surface area contributed by atoms with E-state index in [0.717, 1.165) is 0 Å². The highest BCUT2D eigenvalue weighted by Gasteiger charge is 2.08. The van der Waals surface area contributed by atoms with E-state index in [-0.39, 0.29) is 16.4 Å². The van der Waals surface area contributed by atoms with Crippen LogP contribution in [-0.4, -0.2) is 9.85 Å². The standard InChI is InChI=1S/2C6H4ClNO2/c7-5-1-3-6(4-2-5)8(9)10;7-5-3-1-2-4-6(5)8(9)10/h2*1-4H. The van der Waals surface area contributed by atoms with E-state index in [4.69, 9.17) is 23.2 Å². The average Bonchev–Trinajstić information content (AvgIpc) is 2.40. The van der Waals surface area contributed by atoms with Gasteiger partial charge in [-0.3, -0.25) is 20.2 Å². The zero-order valence-electron chi connectivity index (χ0n) is 9.90. The van der Waals surface area contributed by atoms with Gasteiger partial charge in [0.05, 0.1) is 9.85 Å². The zero-order valence-corrected chi connectivity index (χ0v) is 11.4. The zero-order chi connectivity index (χ0) is 15.1. The van der Waals surface area contributed by atoms with Crippen LogP contribution in [0.15, 0.2) is 48.5 Å². The third-order valence-electron chi connectivity index (χ3n) is 2.09. The molecule has 0 unspecified atom stereocenters. The Morgan fingerprint density at radius 3 is 1.75 bits per heavy atom. The Morgan fingerprint density at radius 1 is 0.800 bits per heavy atom. The van der Waals surface area contributed by atoms with Gasteiger partial charge in [0.2, 0.25) is 0 Å². The summed E-state index contributed by atoms with van der Waals surface area (Å²) in [5.74, 6) is 0. The molecule has 0 aromatic heterocycles. The summed E-state index contributed by atoms with van der Waals surface area (Å²) in [4.78, 5) is 19.2. The molecule has 104 valence electrons. The van der Waals surface area contributed by atoms with Crippen molar-refractivity contribution in [3.05, 3.63) is 78.8 Å². The van der Waals surface area contributed by atoms with Crippen LogP contribution in [0.5, 0.6) is 0 Å². The summed E-state index contributed by atoms with van der Waals surface area (Å²) in [7, 11) is 0. The molecule has 0 spiro atoms. The lowest BCUT2D eigenvalue weighted by Crippen LogP contribution is -1.87. The molecule has 0 aliphatic rings. The summed E-state index contributed by atoms with van der Waals surface area (Å²) in [5, 5.41) is 20.9. The Balaban J connectivity index is 0.000000200. The molecule has 0 amide bonds. The fourth-order valence-corrected chi connectivity index (χ4v) is 1.49. The van der Waals surface area contributed by atoms with Gasteiger partial charge in [0.15, 0.2) is 0 Å². The highest BCUT2D eigenvalue weighted by molar-refractivity contribution is 6.32. The summed E-state index contributed by atoms with van der Waals surface area (Å²) in [6, 6.07) is 11.8. The molecule has 2 rings (SSSR count). The highest BCUT2D eigenvalue weighted by atomic mass is 35.5. The van der Waals surface area contributed by atoms with Crippen molar-refractivity contribution in [1.29, 1.82) is 0 Å². The first kappa shape index (κ1) is 15.9. The van der Waals surface area contributed by atoms with Crippen LogP contribution < -0.4 is 0 Å². The van der Waals surface area contributed by atoms with Crippen LogP contribution in [0.2, 0.25) is 10.0 Å². The summed E-state index contributed by atoms with van der Waals surface area (Å²) < 4.78 is 0. The first-order valence-corrected chi connectivity index (χ1v) is 5.96. The van der Waals surface area contributed by atoms with Gasteiger partial charge in [-0.15, -0.1) is 0 Å². The molecule has 0 bridgehead atoms. The predicted octanol–water partition coefficient (Wildman–Crippen LogP) is 4.50. The average molecular weight is 315 g/mol. The van der Waals surface area contributed by atoms with Crippen molar-refractivity contribution in [2.24, 2.45) is 0 Å². The fourth-order valence-electron chi connectivity index (χ4n) is 1.16. The summed E-state index contributed by atoms with van der Waals surface area (Å²) in [6.07, 6.45) is 0. The fraction of sp³-hybridized carbons (Fsp3) is 0. The smallest absolute Gasteiger partial charge is 0.258 e. The van der Waals surface area contributed by atoms with E-state index >= 15 is 0 Å². The molecule has 0 aliphatic heterocycles. The number of benzene rings is 2. The SMILES string of the molecule is O=[N+]([O-])c1ccc(Cl)cc1.O=[N+]([O-])c1ccccc1Cl. The molecule has 0 atom stereocenters. The third-order valence-corrected chi connectivity index (χ3v) is 2.66. The van der Waals surface area contributed by atoms with Crippen molar-refractivity contribution in [2.75, 3.05) is 0 Å². The number of hydrogen-bond donors (Lipinski definition) is 0. The van der Waals surface area contributed by atoms with E-state index in [1.165, 1.54) is 36.4 Å². The second-order valence-corrected chi connectivity index (χ2v) is 4.29. The monoisotopic (exact) mass is 314 g/mol. The topological polar surface area (TPSA) is 86.3 Å². The Morgan fingerprint density at radius 2 is 1.35 bits per heavy atom. The molecule has 0 saturated heterocycles. The first-order chi connectivity index (χ1) is 9.41. The van der Waals surface area contributed by atoms with E-state index in [1.54, 1.807) is 12.1 Å². The number of hydrogen-bond acceptors (Lipinski definition) is 4. The van der Waals surface area contributed by atoms with Crippen molar-refractivity contribution in [2.45, 2.75) is 0 Å². The minimum Gasteiger partial charge on any atom is -0.258 e. The minimum absolute atomic E-state index is 0.0517. The Labute approximate surface area is 123 Å². The number of non-ortho nitro benzene ring substituents is 1. The molecule has 0 heterocycles. The van der Waals surface area contributed by atoms with Gasteiger partial charge in [-0.25, -0.2) is 0 Å². The maximum absolute atomic E-state index is 10.1. The molecule has 2 aromatic rings. The molecule has 0 saturated carbocycles. The van der Waals surface area contributed by atoms with Crippen LogP contribution in [0.1, 0.15) is 0 Å². The second kappa shape index (κ2) is 7.42. The van der Waals surface area contributed by atoms with Crippen LogP contribution in [-0.2, 0) is 0 Å². The van der Waals surface area contributed by atoms with Crippen LogP contribution in [0.4, 0.5) is 11.4 Å². The number of halogens is 2. The normalized spacial score (nSPS) is 9.30. The van der Waals surface area contributed by atoms with Gasteiger partial charge in [-0.1, -0.05) is 35.3 Å². The molecular weight excluding hydrogens is 307 g/mol. The largest absolute Gasteiger partial charge is 0.287 e. The number of nitrogens with zero attached hydrogens (tertiary/aromatic N) is 2. The van der Waals surface area contributed by atoms with Crippen LogP contribution in [0.25, 0.3) is 0 Å². The van der Waals surface area contributed by atoms with E-state index in [1.807, 2.05) is 0 Å². The van der Waals surface area contributed by atoms with Gasteiger partial charge in [-0.05, 0) is 18.2 Å². The quantitative estimate of drug-likeness (QED) is 0.603. The first-order valence-electron chi connectivity index (χ1n) is 5.20. The van der Waals surface area contributed by atoms with Gasteiger partial charge in [0.25, 0.3) is 11.4 Å². The Bertz CT molecular complexity index is 617. The van der Waals surface area contributed by atoms with Crippen LogP contribution in [0.3, 0.4) is 0 Å². The number of nitro groups is 2. The predicted molar refractivity (Wildman–Crippen MR) is 76.2 cm³/mol.